The van der Waals surface area contributed by atoms with Crippen molar-refractivity contribution in [3.05, 3.63) is 50.3 Å². The van der Waals surface area contributed by atoms with Gasteiger partial charge in [-0.1, -0.05) is 0 Å². The van der Waals surface area contributed by atoms with Crippen LogP contribution in [0.25, 0.3) is 10.2 Å². The lowest BCUT2D eigenvalue weighted by Gasteiger charge is -2.15. The predicted molar refractivity (Wildman–Crippen MR) is 108 cm³/mol. The lowest BCUT2D eigenvalue weighted by Crippen LogP contribution is -2.27. The van der Waals surface area contributed by atoms with Gasteiger partial charge in [-0.2, -0.15) is 0 Å². The zero-order valence-corrected chi connectivity index (χ0v) is 17.0. The summed E-state index contributed by atoms with van der Waals surface area (Å²) in [6.45, 7) is 2.34. The van der Waals surface area contributed by atoms with E-state index < -0.39 is 0 Å². The van der Waals surface area contributed by atoms with Crippen LogP contribution in [0.5, 0.6) is 0 Å². The van der Waals surface area contributed by atoms with Gasteiger partial charge in [0, 0.05) is 11.9 Å². The smallest absolute Gasteiger partial charge is 0.259 e. The lowest BCUT2D eigenvalue weighted by molar-refractivity contribution is -0.127. The zero-order chi connectivity index (χ0) is 19.0. The SMILES string of the molecule is Cc1ccc(CN(C)C(=O)CSCc2nc3sc4c(c3c(=O)[nH]2)CCC4)o1. The van der Waals surface area contributed by atoms with Crippen molar-refractivity contribution in [3.63, 3.8) is 0 Å². The van der Waals surface area contributed by atoms with E-state index >= 15 is 0 Å². The highest BCUT2D eigenvalue weighted by molar-refractivity contribution is 7.99. The van der Waals surface area contributed by atoms with Gasteiger partial charge in [-0.25, -0.2) is 4.98 Å². The van der Waals surface area contributed by atoms with Crippen molar-refractivity contribution in [2.24, 2.45) is 0 Å². The summed E-state index contributed by atoms with van der Waals surface area (Å²) in [6, 6.07) is 3.77. The van der Waals surface area contributed by atoms with Crippen molar-refractivity contribution in [2.45, 2.75) is 38.5 Å². The Hall–Kier alpha value is -2.06. The fourth-order valence-electron chi connectivity index (χ4n) is 3.35. The summed E-state index contributed by atoms with van der Waals surface area (Å²) in [5.41, 5.74) is 1.14. The van der Waals surface area contributed by atoms with Crippen LogP contribution in [0.15, 0.2) is 21.3 Å². The molecule has 0 unspecified atom stereocenters. The first-order valence-corrected chi connectivity index (χ1v) is 10.9. The average Bonchev–Trinajstić information content (AvgIpc) is 3.30. The Kier molecular flexibility index (Phi) is 5.10. The van der Waals surface area contributed by atoms with E-state index in [9.17, 15) is 9.59 Å². The number of hydrogen-bond acceptors (Lipinski definition) is 6. The molecule has 142 valence electrons. The molecule has 0 saturated carbocycles. The van der Waals surface area contributed by atoms with Gasteiger partial charge in [0.2, 0.25) is 5.91 Å². The van der Waals surface area contributed by atoms with Gasteiger partial charge in [0.05, 0.1) is 23.4 Å². The number of amides is 1. The molecule has 0 saturated heterocycles. The van der Waals surface area contributed by atoms with E-state index in [2.05, 4.69) is 9.97 Å². The standard InChI is InChI=1S/C19H21N3O3S2/c1-11-6-7-12(25-11)8-22(2)16(23)10-26-9-15-20-18(24)17-13-4-3-5-14(13)27-19(17)21-15/h6-7H,3-5,8-10H2,1-2H3,(H,20,21,24). The van der Waals surface area contributed by atoms with E-state index in [1.807, 2.05) is 19.1 Å². The van der Waals surface area contributed by atoms with Crippen LogP contribution >= 0.6 is 23.1 Å². The van der Waals surface area contributed by atoms with E-state index in [1.165, 1.54) is 22.2 Å². The maximum absolute atomic E-state index is 12.4. The van der Waals surface area contributed by atoms with Crippen LogP contribution in [0.3, 0.4) is 0 Å². The van der Waals surface area contributed by atoms with E-state index in [0.29, 0.717) is 23.9 Å². The number of aromatic amines is 1. The number of aryl methyl sites for hydroxylation is 3. The molecular weight excluding hydrogens is 382 g/mol. The number of aromatic nitrogens is 2. The van der Waals surface area contributed by atoms with Crippen molar-refractivity contribution in [1.82, 2.24) is 14.9 Å². The maximum atomic E-state index is 12.4. The first kappa shape index (κ1) is 18.3. The molecule has 0 bridgehead atoms. The second-order valence-corrected chi connectivity index (χ2v) is 8.87. The van der Waals surface area contributed by atoms with E-state index in [1.54, 1.807) is 23.3 Å². The van der Waals surface area contributed by atoms with Crippen molar-refractivity contribution < 1.29 is 9.21 Å². The summed E-state index contributed by atoms with van der Waals surface area (Å²) in [5, 5.41) is 0.769. The molecule has 1 N–H and O–H groups in total. The molecule has 4 rings (SSSR count). The second-order valence-electron chi connectivity index (χ2n) is 6.81. The highest BCUT2D eigenvalue weighted by Gasteiger charge is 2.21. The Morgan fingerprint density at radius 3 is 3.04 bits per heavy atom. The lowest BCUT2D eigenvalue weighted by atomic mass is 10.2. The van der Waals surface area contributed by atoms with Crippen LogP contribution in [0.2, 0.25) is 0 Å². The molecule has 1 aliphatic carbocycles. The highest BCUT2D eigenvalue weighted by atomic mass is 32.2. The first-order chi connectivity index (χ1) is 13.0. The molecular formula is C19H21N3O3S2. The van der Waals surface area contributed by atoms with E-state index in [4.69, 9.17) is 4.42 Å². The van der Waals surface area contributed by atoms with Crippen molar-refractivity contribution in [1.29, 1.82) is 0 Å². The molecule has 0 radical (unpaired) electrons. The largest absolute Gasteiger partial charge is 0.464 e. The number of fused-ring (bicyclic) bond motifs is 3. The van der Waals surface area contributed by atoms with Gasteiger partial charge in [-0.05, 0) is 43.9 Å². The Balaban J connectivity index is 1.36. The van der Waals surface area contributed by atoms with E-state index in [0.717, 1.165) is 41.0 Å². The highest BCUT2D eigenvalue weighted by Crippen LogP contribution is 2.34. The molecule has 0 spiro atoms. The minimum Gasteiger partial charge on any atom is -0.464 e. The van der Waals surface area contributed by atoms with Gasteiger partial charge < -0.3 is 14.3 Å². The summed E-state index contributed by atoms with van der Waals surface area (Å²) >= 11 is 3.09. The van der Waals surface area contributed by atoms with Crippen molar-refractivity contribution in [3.8, 4) is 0 Å². The summed E-state index contributed by atoms with van der Waals surface area (Å²) in [4.78, 5) is 36.0. The van der Waals surface area contributed by atoms with Crippen LogP contribution in [0, 0.1) is 6.92 Å². The number of nitrogens with one attached hydrogen (secondary N) is 1. The number of carbonyl (C=O) groups is 1. The zero-order valence-electron chi connectivity index (χ0n) is 15.3. The molecule has 8 heteroatoms. The third kappa shape index (κ3) is 3.82. The minimum atomic E-state index is -0.0494. The monoisotopic (exact) mass is 403 g/mol. The van der Waals surface area contributed by atoms with Crippen LogP contribution < -0.4 is 5.56 Å². The number of H-pyrrole nitrogens is 1. The molecule has 0 aliphatic heterocycles. The average molecular weight is 404 g/mol. The fraction of sp³-hybridized carbons (Fsp3) is 0.421. The predicted octanol–water partition coefficient (Wildman–Crippen LogP) is 3.27. The summed E-state index contributed by atoms with van der Waals surface area (Å²) in [7, 11) is 1.76. The maximum Gasteiger partial charge on any atom is 0.259 e. The summed E-state index contributed by atoms with van der Waals surface area (Å²) in [6.07, 6.45) is 3.15. The first-order valence-electron chi connectivity index (χ1n) is 8.91. The molecule has 0 atom stereocenters. The third-order valence-corrected chi connectivity index (χ3v) is 6.82. The quantitative estimate of drug-likeness (QED) is 0.683. The minimum absolute atomic E-state index is 0.0209. The normalized spacial score (nSPS) is 13.3. The Labute approximate surface area is 165 Å². The Bertz CT molecular complexity index is 1050. The van der Waals surface area contributed by atoms with Crippen LogP contribution in [0.4, 0.5) is 0 Å². The molecule has 3 aromatic heterocycles. The number of thiophene rings is 1. The fourth-order valence-corrected chi connectivity index (χ4v) is 5.46. The van der Waals surface area contributed by atoms with Crippen LogP contribution in [-0.2, 0) is 29.9 Å². The number of nitrogens with zero attached hydrogens (tertiary/aromatic N) is 2. The van der Waals surface area contributed by atoms with E-state index in [-0.39, 0.29) is 11.5 Å². The van der Waals surface area contributed by atoms with Crippen molar-refractivity contribution in [2.75, 3.05) is 12.8 Å². The molecule has 1 aliphatic rings. The topological polar surface area (TPSA) is 79.2 Å². The molecule has 27 heavy (non-hydrogen) atoms. The summed E-state index contributed by atoms with van der Waals surface area (Å²) in [5.74, 6) is 3.11. The molecule has 3 heterocycles. The van der Waals surface area contributed by atoms with Gasteiger partial charge >= 0.3 is 0 Å². The van der Waals surface area contributed by atoms with Crippen LogP contribution in [-0.4, -0.2) is 33.6 Å². The van der Waals surface area contributed by atoms with Gasteiger partial charge in [-0.3, -0.25) is 9.59 Å². The molecule has 0 fully saturated rings. The van der Waals surface area contributed by atoms with Gasteiger partial charge in [0.1, 0.15) is 22.2 Å². The summed E-state index contributed by atoms with van der Waals surface area (Å²) < 4.78 is 5.51. The number of carbonyl (C=O) groups excluding carboxylic acids is 1. The van der Waals surface area contributed by atoms with Crippen LogP contribution in [0.1, 0.15) is 34.2 Å². The number of hydrogen-bond donors (Lipinski definition) is 1. The van der Waals surface area contributed by atoms with Gasteiger partial charge in [0.25, 0.3) is 5.56 Å². The third-order valence-electron chi connectivity index (χ3n) is 4.70. The second kappa shape index (κ2) is 7.52. The number of rotatable bonds is 6. The van der Waals surface area contributed by atoms with Gasteiger partial charge in [-0.15, -0.1) is 23.1 Å². The molecule has 6 nitrogen and oxygen atoms in total. The number of thioether (sulfide) groups is 1. The van der Waals surface area contributed by atoms with Crippen molar-refractivity contribution >= 4 is 39.2 Å². The van der Waals surface area contributed by atoms with Gasteiger partial charge in [0.15, 0.2) is 0 Å². The Morgan fingerprint density at radius 2 is 2.26 bits per heavy atom. The number of furan rings is 1. The Morgan fingerprint density at radius 1 is 1.41 bits per heavy atom. The molecule has 0 aromatic carbocycles. The molecule has 3 aromatic rings. The molecule has 1 amide bonds.